The second-order valence-electron chi connectivity index (χ2n) is 8.25. The first-order valence-corrected chi connectivity index (χ1v) is 11.1. The van der Waals surface area contributed by atoms with Crippen molar-refractivity contribution in [1.82, 2.24) is 4.90 Å². The van der Waals surface area contributed by atoms with Gasteiger partial charge in [0.2, 0.25) is 11.0 Å². The van der Waals surface area contributed by atoms with Crippen molar-refractivity contribution >= 4 is 34.2 Å². The minimum Gasteiger partial charge on any atom is -1.00 e. The highest BCUT2D eigenvalue weighted by molar-refractivity contribution is 6.07. The first-order valence-electron chi connectivity index (χ1n) is 11.1. The molecule has 32 heavy (non-hydrogen) atoms. The van der Waals surface area contributed by atoms with Crippen molar-refractivity contribution in [2.24, 2.45) is 7.05 Å². The van der Waals surface area contributed by atoms with E-state index in [0.717, 1.165) is 18.9 Å². The molecule has 1 aliphatic heterocycles. The Morgan fingerprint density at radius 2 is 1.50 bits per heavy atom. The molecule has 5 heteroatoms. The van der Waals surface area contributed by atoms with Crippen LogP contribution in [0.15, 0.2) is 72.8 Å². The lowest BCUT2D eigenvalue weighted by atomic mass is 9.95. The van der Waals surface area contributed by atoms with Gasteiger partial charge in [0.15, 0.2) is 0 Å². The molecule has 4 aromatic rings. The van der Waals surface area contributed by atoms with Crippen LogP contribution in [-0.2, 0) is 7.05 Å². The number of aryl methyl sites for hydroxylation is 1. The average Bonchev–Trinajstić information content (AvgIpc) is 2.81. The second kappa shape index (κ2) is 11.0. The smallest absolute Gasteiger partial charge is 0.213 e. The number of fused-ring (bicyclic) bond motifs is 2. The Hall–Kier alpha value is -2.33. The molecule has 0 amide bonds. The van der Waals surface area contributed by atoms with E-state index in [4.69, 9.17) is 4.74 Å². The molecule has 5 rings (SSSR count). The molecular formula is C27H30Cl2N2O. The minimum absolute atomic E-state index is 0. The van der Waals surface area contributed by atoms with E-state index in [1.54, 1.807) is 0 Å². The van der Waals surface area contributed by atoms with E-state index in [0.29, 0.717) is 0 Å². The van der Waals surface area contributed by atoms with E-state index in [9.17, 15) is 0 Å². The van der Waals surface area contributed by atoms with Gasteiger partial charge in [-0.3, -0.25) is 4.90 Å². The summed E-state index contributed by atoms with van der Waals surface area (Å²) in [4.78, 5) is 2.52. The van der Waals surface area contributed by atoms with Gasteiger partial charge in [-0.2, -0.15) is 4.57 Å². The van der Waals surface area contributed by atoms with Gasteiger partial charge in [-0.15, -0.1) is 12.4 Å². The van der Waals surface area contributed by atoms with Crippen molar-refractivity contribution in [3.63, 3.8) is 0 Å². The van der Waals surface area contributed by atoms with Gasteiger partial charge in [0.1, 0.15) is 19.4 Å². The summed E-state index contributed by atoms with van der Waals surface area (Å²) in [5, 5.41) is 2.50. The SMILES string of the molecule is C[n+]1c2ccccc2c(-c2ccccc2)c2cc(OCCN3CCCCC3)ccc21.Cl.[Cl-]. The number of hydrogen-bond donors (Lipinski definition) is 0. The molecule has 1 aromatic heterocycles. The summed E-state index contributed by atoms with van der Waals surface area (Å²) in [5.74, 6) is 0.951. The van der Waals surface area contributed by atoms with Gasteiger partial charge in [-0.05, 0) is 49.7 Å². The van der Waals surface area contributed by atoms with Crippen LogP contribution in [0.25, 0.3) is 32.9 Å². The van der Waals surface area contributed by atoms with Crippen LogP contribution in [0.4, 0.5) is 0 Å². The Kier molecular flexibility index (Phi) is 8.36. The van der Waals surface area contributed by atoms with E-state index >= 15 is 0 Å². The van der Waals surface area contributed by atoms with Crippen molar-refractivity contribution in [2.45, 2.75) is 19.3 Å². The van der Waals surface area contributed by atoms with Crippen molar-refractivity contribution < 1.29 is 21.7 Å². The van der Waals surface area contributed by atoms with Crippen molar-refractivity contribution in [3.8, 4) is 16.9 Å². The predicted octanol–water partition coefficient (Wildman–Crippen LogP) is 2.78. The van der Waals surface area contributed by atoms with Gasteiger partial charge in [-0.1, -0.05) is 48.9 Å². The quantitative estimate of drug-likeness (QED) is 0.330. The number of para-hydroxylation sites is 1. The molecule has 1 saturated heterocycles. The normalized spacial score (nSPS) is 14.0. The largest absolute Gasteiger partial charge is 1.00 e. The second-order valence-corrected chi connectivity index (χ2v) is 8.25. The predicted molar refractivity (Wildman–Crippen MR) is 131 cm³/mol. The van der Waals surface area contributed by atoms with E-state index in [1.807, 2.05) is 0 Å². The van der Waals surface area contributed by atoms with E-state index < -0.39 is 0 Å². The number of ether oxygens (including phenoxy) is 1. The molecule has 1 aliphatic rings. The first-order chi connectivity index (χ1) is 14.8. The lowest BCUT2D eigenvalue weighted by Crippen LogP contribution is -3.00. The third-order valence-corrected chi connectivity index (χ3v) is 6.32. The zero-order chi connectivity index (χ0) is 20.3. The zero-order valence-electron chi connectivity index (χ0n) is 18.5. The number of hydrogen-bond acceptors (Lipinski definition) is 2. The number of rotatable bonds is 5. The molecule has 168 valence electrons. The van der Waals surface area contributed by atoms with Crippen molar-refractivity contribution in [2.75, 3.05) is 26.2 Å². The van der Waals surface area contributed by atoms with Crippen LogP contribution in [0.3, 0.4) is 0 Å². The van der Waals surface area contributed by atoms with Gasteiger partial charge < -0.3 is 17.1 Å². The number of pyridine rings is 1. The molecule has 1 fully saturated rings. The average molecular weight is 469 g/mol. The summed E-state index contributed by atoms with van der Waals surface area (Å²) in [5.41, 5.74) is 4.98. The van der Waals surface area contributed by atoms with Crippen LogP contribution in [0, 0.1) is 0 Å². The molecule has 0 radical (unpaired) electrons. The summed E-state index contributed by atoms with van der Waals surface area (Å²) >= 11 is 0. The maximum Gasteiger partial charge on any atom is 0.213 e. The molecule has 3 aromatic carbocycles. The maximum absolute atomic E-state index is 6.21. The Labute approximate surface area is 202 Å². The van der Waals surface area contributed by atoms with Crippen LogP contribution < -0.4 is 21.7 Å². The summed E-state index contributed by atoms with van der Waals surface area (Å²) in [7, 11) is 2.15. The number of nitrogens with zero attached hydrogens (tertiary/aromatic N) is 2. The number of likely N-dealkylation sites (tertiary alicyclic amines) is 1. The molecule has 0 bridgehead atoms. The van der Waals surface area contributed by atoms with Crippen LogP contribution in [0.1, 0.15) is 19.3 Å². The molecule has 2 heterocycles. The van der Waals surface area contributed by atoms with Gasteiger partial charge in [0.25, 0.3) is 0 Å². The lowest BCUT2D eigenvalue weighted by molar-refractivity contribution is -0.617. The highest BCUT2D eigenvalue weighted by Crippen LogP contribution is 2.35. The molecule has 0 N–H and O–H groups in total. The van der Waals surface area contributed by atoms with Crippen LogP contribution in [0.2, 0.25) is 0 Å². The highest BCUT2D eigenvalue weighted by atomic mass is 35.5. The van der Waals surface area contributed by atoms with Crippen LogP contribution in [-0.4, -0.2) is 31.1 Å². The molecule has 0 spiro atoms. The molecular weight excluding hydrogens is 439 g/mol. The monoisotopic (exact) mass is 468 g/mol. The number of benzene rings is 3. The van der Waals surface area contributed by atoms with E-state index in [-0.39, 0.29) is 24.8 Å². The van der Waals surface area contributed by atoms with Gasteiger partial charge >= 0.3 is 0 Å². The Bertz CT molecular complexity index is 1170. The number of aromatic nitrogens is 1. The molecule has 0 unspecified atom stereocenters. The third-order valence-electron chi connectivity index (χ3n) is 6.32. The Morgan fingerprint density at radius 1 is 0.812 bits per heavy atom. The van der Waals surface area contributed by atoms with Crippen LogP contribution in [0.5, 0.6) is 5.75 Å². The van der Waals surface area contributed by atoms with Crippen LogP contribution >= 0.6 is 12.4 Å². The fourth-order valence-corrected chi connectivity index (χ4v) is 4.74. The topological polar surface area (TPSA) is 16.4 Å². The lowest BCUT2D eigenvalue weighted by Gasteiger charge is -2.26. The Morgan fingerprint density at radius 3 is 2.28 bits per heavy atom. The zero-order valence-corrected chi connectivity index (χ0v) is 20.0. The number of halogens is 2. The molecule has 0 aliphatic carbocycles. The summed E-state index contributed by atoms with van der Waals surface area (Å²) in [6.07, 6.45) is 4.01. The minimum atomic E-state index is 0. The van der Waals surface area contributed by atoms with Gasteiger partial charge in [0.05, 0.1) is 10.8 Å². The fraction of sp³-hybridized carbons (Fsp3) is 0.296. The van der Waals surface area contributed by atoms with Crippen molar-refractivity contribution in [3.05, 3.63) is 72.8 Å². The fourth-order valence-electron chi connectivity index (χ4n) is 4.74. The maximum atomic E-state index is 6.21. The summed E-state index contributed by atoms with van der Waals surface area (Å²) < 4.78 is 8.50. The summed E-state index contributed by atoms with van der Waals surface area (Å²) in [6.45, 7) is 4.17. The molecule has 3 nitrogen and oxygen atoms in total. The number of piperidine rings is 1. The van der Waals surface area contributed by atoms with Gasteiger partial charge in [-0.25, -0.2) is 0 Å². The standard InChI is InChI=1S/C27H29N2O.2ClH/c1-28-25-13-7-6-12-23(25)27(21-10-4-2-5-11-21)24-20-22(14-15-26(24)28)30-19-18-29-16-8-3-9-17-29;;/h2,4-7,10-15,20H,3,8-9,16-19H2,1H3;2*1H/q+1;;/p-1. The van der Waals surface area contributed by atoms with E-state index in [2.05, 4.69) is 89.3 Å². The highest BCUT2D eigenvalue weighted by Gasteiger charge is 2.19. The Balaban J connectivity index is 0.00000144. The van der Waals surface area contributed by atoms with Crippen molar-refractivity contribution in [1.29, 1.82) is 0 Å². The molecule has 0 saturated carbocycles. The third kappa shape index (κ3) is 4.85. The van der Waals surface area contributed by atoms with Gasteiger partial charge in [0, 0.05) is 24.2 Å². The summed E-state index contributed by atoms with van der Waals surface area (Å²) in [6, 6.07) is 25.9. The van der Waals surface area contributed by atoms with E-state index in [1.165, 1.54) is 65.3 Å². The first kappa shape index (κ1) is 24.3. The molecule has 0 atom stereocenters.